The number of nitrogens with one attached hydrogen (secondary N) is 3. The summed E-state index contributed by atoms with van der Waals surface area (Å²) in [5, 5.41) is 17.7. The lowest BCUT2D eigenvalue weighted by atomic mass is 9.91. The largest absolute Gasteiger partial charge is 0.480 e. The molecule has 204 valence electrons. The second kappa shape index (κ2) is 9.90. The zero-order valence-electron chi connectivity index (χ0n) is 20.6. The minimum Gasteiger partial charge on any atom is -0.480 e. The monoisotopic (exact) mass is 566 g/mol. The van der Waals surface area contributed by atoms with Gasteiger partial charge in [-0.1, -0.05) is 6.07 Å². The Morgan fingerprint density at radius 1 is 1.21 bits per heavy atom. The normalized spacial score (nSPS) is 26.8. The zero-order valence-corrected chi connectivity index (χ0v) is 22.3. The van der Waals surface area contributed by atoms with Crippen LogP contribution >= 0.6 is 23.1 Å². The first-order chi connectivity index (χ1) is 17.9. The number of nitrogens with zero attached hydrogens (tertiary/aromatic N) is 3. The molecule has 3 fully saturated rings. The van der Waals surface area contributed by atoms with Crippen molar-refractivity contribution < 1.29 is 38.7 Å². The highest BCUT2D eigenvalue weighted by molar-refractivity contribution is 8.01. The minimum atomic E-state index is -1.95. The van der Waals surface area contributed by atoms with Crippen LogP contribution in [0.4, 0.5) is 4.79 Å². The van der Waals surface area contributed by atoms with Crippen molar-refractivity contribution in [3.63, 3.8) is 0 Å². The van der Waals surface area contributed by atoms with Crippen molar-refractivity contribution in [3.8, 4) is 0 Å². The Morgan fingerprint density at radius 2 is 1.92 bits per heavy atom. The Balaban J connectivity index is 1.58. The number of carbonyl (C=O) groups is 7. The number of hydrogen-bond acceptors (Lipinski definition) is 9. The molecule has 0 saturated carbocycles. The van der Waals surface area contributed by atoms with E-state index in [4.69, 9.17) is 0 Å². The lowest BCUT2D eigenvalue weighted by molar-refractivity contribution is -0.172. The van der Waals surface area contributed by atoms with Crippen LogP contribution in [0.1, 0.15) is 31.7 Å². The van der Waals surface area contributed by atoms with Crippen LogP contribution in [0.3, 0.4) is 0 Å². The fourth-order valence-corrected chi connectivity index (χ4v) is 7.22. The van der Waals surface area contributed by atoms with Crippen molar-refractivity contribution in [1.82, 2.24) is 30.7 Å². The molecule has 7 amide bonds. The summed E-state index contributed by atoms with van der Waals surface area (Å²) in [6.07, 6.45) is 0.230. The average Bonchev–Trinajstić information content (AvgIpc) is 3.48. The Kier molecular flexibility index (Phi) is 7.13. The van der Waals surface area contributed by atoms with Crippen molar-refractivity contribution >= 4 is 65.1 Å². The number of thioether (sulfide) groups is 1. The van der Waals surface area contributed by atoms with Crippen molar-refractivity contribution in [3.05, 3.63) is 22.4 Å². The van der Waals surface area contributed by atoms with Gasteiger partial charge in [0.2, 0.25) is 18.0 Å². The summed E-state index contributed by atoms with van der Waals surface area (Å²) < 4.78 is -0.932. The SMILES string of the molecule is CCN1CCN(C(=O)NC(C(=O)N[C@]2(NC=O)C(=O)N3[C@@H](C(=O)O)C(C)(C)S[C@@H]32)c2cccs2)C(=O)C1=O. The number of fused-ring (bicyclic) bond motifs is 1. The van der Waals surface area contributed by atoms with E-state index in [0.29, 0.717) is 16.3 Å². The second-order valence-electron chi connectivity index (χ2n) is 9.33. The molecule has 0 bridgehead atoms. The molecule has 0 aromatic carbocycles. The summed E-state index contributed by atoms with van der Waals surface area (Å²) in [5.74, 6) is -4.80. The summed E-state index contributed by atoms with van der Waals surface area (Å²) in [6.45, 7) is 5.35. The fourth-order valence-electron chi connectivity index (χ4n) is 4.80. The van der Waals surface area contributed by atoms with Crippen LogP contribution in [0.2, 0.25) is 0 Å². The quantitative estimate of drug-likeness (QED) is 0.131. The van der Waals surface area contributed by atoms with Gasteiger partial charge in [-0.25, -0.2) is 9.59 Å². The summed E-state index contributed by atoms with van der Waals surface area (Å²) in [6, 6.07) is -0.379. The number of piperazine rings is 1. The molecule has 1 unspecified atom stereocenters. The first-order valence-corrected chi connectivity index (χ1v) is 13.4. The maximum Gasteiger partial charge on any atom is 0.327 e. The molecule has 3 aliphatic heterocycles. The first-order valence-electron chi connectivity index (χ1n) is 11.6. The average molecular weight is 567 g/mol. The summed E-state index contributed by atoms with van der Waals surface area (Å²) in [4.78, 5) is 91.4. The van der Waals surface area contributed by atoms with E-state index in [1.165, 1.54) is 4.90 Å². The number of hydrogen-bond donors (Lipinski definition) is 4. The topological polar surface area (TPSA) is 186 Å². The third-order valence-corrected chi connectivity index (χ3v) is 9.25. The highest BCUT2D eigenvalue weighted by Gasteiger charge is 2.72. The Hall–Kier alpha value is -3.66. The van der Waals surface area contributed by atoms with Crippen LogP contribution in [-0.2, 0) is 28.8 Å². The number of carboxylic acid groups (broad SMARTS) is 1. The molecule has 0 radical (unpaired) electrons. The van der Waals surface area contributed by atoms with Gasteiger partial charge in [0, 0.05) is 29.3 Å². The molecule has 3 aliphatic rings. The fraction of sp³-hybridized carbons (Fsp3) is 0.500. The number of amides is 7. The Labute approximate surface area is 225 Å². The number of aliphatic carboxylic acids is 1. The van der Waals surface area contributed by atoms with Crippen molar-refractivity contribution in [2.75, 3.05) is 19.6 Å². The molecule has 0 spiro atoms. The predicted octanol–water partition coefficient (Wildman–Crippen LogP) is -1.11. The van der Waals surface area contributed by atoms with Gasteiger partial charge in [0.1, 0.15) is 17.5 Å². The Bertz CT molecular complexity index is 1210. The number of urea groups is 1. The molecule has 4 rings (SSSR count). The van der Waals surface area contributed by atoms with Gasteiger partial charge in [-0.15, -0.1) is 23.1 Å². The lowest BCUT2D eigenvalue weighted by Gasteiger charge is -2.52. The number of thiophene rings is 1. The van der Waals surface area contributed by atoms with Gasteiger partial charge >= 0.3 is 23.8 Å². The van der Waals surface area contributed by atoms with Crippen LogP contribution < -0.4 is 16.0 Å². The van der Waals surface area contributed by atoms with E-state index in [1.54, 1.807) is 38.3 Å². The van der Waals surface area contributed by atoms with Crippen LogP contribution in [-0.4, -0.2) is 103 Å². The Morgan fingerprint density at radius 3 is 2.50 bits per heavy atom. The number of β-lactam (4-membered cyclic amide) rings is 1. The number of likely N-dealkylation sites (N-methyl/N-ethyl adjacent to an activating group) is 1. The highest BCUT2D eigenvalue weighted by Crippen LogP contribution is 2.54. The van der Waals surface area contributed by atoms with Gasteiger partial charge in [-0.05, 0) is 32.2 Å². The van der Waals surface area contributed by atoms with Crippen molar-refractivity contribution in [2.24, 2.45) is 0 Å². The highest BCUT2D eigenvalue weighted by atomic mass is 32.2. The molecular weight excluding hydrogens is 540 g/mol. The standard InChI is InChI=1S/C22H26N6O8S2/c1-4-26-7-8-27(16(32)15(26)31)20(36)24-12(11-6-5-9-37-11)14(30)25-22(23-10-29)18(35)28-13(17(33)34)21(2,3)38-19(22)28/h5-6,9-10,12-13,19H,4,7-8H2,1-3H3,(H,23,29)(H,24,36)(H,25,30)(H,33,34)/t12?,13-,19+,22+/m0/s1. The molecule has 4 N–H and O–H groups in total. The molecule has 16 heteroatoms. The minimum absolute atomic E-state index is 0.0719. The van der Waals surface area contributed by atoms with E-state index in [1.807, 2.05) is 0 Å². The van der Waals surface area contributed by atoms with E-state index in [2.05, 4.69) is 16.0 Å². The van der Waals surface area contributed by atoms with E-state index in [-0.39, 0.29) is 19.5 Å². The van der Waals surface area contributed by atoms with Gasteiger partial charge in [0.05, 0.1) is 0 Å². The van der Waals surface area contributed by atoms with Gasteiger partial charge in [0.15, 0.2) is 0 Å². The second-order valence-corrected chi connectivity index (χ2v) is 12.0. The molecule has 4 heterocycles. The van der Waals surface area contributed by atoms with E-state index >= 15 is 0 Å². The van der Waals surface area contributed by atoms with Crippen LogP contribution in [0.15, 0.2) is 17.5 Å². The van der Waals surface area contributed by atoms with Crippen LogP contribution in [0.25, 0.3) is 0 Å². The molecule has 38 heavy (non-hydrogen) atoms. The van der Waals surface area contributed by atoms with Crippen molar-refractivity contribution in [2.45, 2.75) is 48.6 Å². The van der Waals surface area contributed by atoms with Gasteiger partial charge in [0.25, 0.3) is 5.91 Å². The van der Waals surface area contributed by atoms with Gasteiger partial charge < -0.3 is 30.9 Å². The first kappa shape index (κ1) is 27.4. The van der Waals surface area contributed by atoms with Crippen molar-refractivity contribution in [1.29, 1.82) is 0 Å². The lowest BCUT2D eigenvalue weighted by Crippen LogP contribution is -2.85. The van der Waals surface area contributed by atoms with E-state index < -0.39 is 63.5 Å². The number of imide groups is 1. The smallest absolute Gasteiger partial charge is 0.327 e. The third kappa shape index (κ3) is 4.26. The molecule has 3 saturated heterocycles. The molecular formula is C22H26N6O8S2. The van der Waals surface area contributed by atoms with Crippen LogP contribution in [0.5, 0.6) is 0 Å². The molecule has 4 atom stereocenters. The molecule has 14 nitrogen and oxygen atoms in total. The maximum atomic E-state index is 13.5. The number of carboxylic acids is 1. The van der Waals surface area contributed by atoms with Crippen LogP contribution in [0, 0.1) is 0 Å². The predicted molar refractivity (Wildman–Crippen MR) is 133 cm³/mol. The third-order valence-electron chi connectivity index (χ3n) is 6.68. The van der Waals surface area contributed by atoms with Gasteiger partial charge in [-0.2, -0.15) is 0 Å². The summed E-state index contributed by atoms with van der Waals surface area (Å²) >= 11 is 2.22. The summed E-state index contributed by atoms with van der Waals surface area (Å²) in [5.41, 5.74) is -1.95. The molecule has 1 aromatic rings. The van der Waals surface area contributed by atoms with Gasteiger partial charge in [-0.3, -0.25) is 28.9 Å². The molecule has 1 aromatic heterocycles. The van der Waals surface area contributed by atoms with E-state index in [0.717, 1.165) is 28.0 Å². The number of rotatable bonds is 8. The number of carbonyl (C=O) groups excluding carboxylic acids is 6. The zero-order chi connectivity index (χ0) is 28.0. The maximum absolute atomic E-state index is 13.5. The molecule has 0 aliphatic carbocycles. The van der Waals surface area contributed by atoms with E-state index in [9.17, 15) is 38.7 Å². The summed E-state index contributed by atoms with van der Waals surface area (Å²) in [7, 11) is 0.